The van der Waals surface area contributed by atoms with Crippen LogP contribution in [0.5, 0.6) is 0 Å². The van der Waals surface area contributed by atoms with E-state index in [1.165, 1.54) is 0 Å². The van der Waals surface area contributed by atoms with Crippen LogP contribution in [0.2, 0.25) is 0 Å². The van der Waals surface area contributed by atoms with E-state index in [0.29, 0.717) is 26.3 Å². The predicted octanol–water partition coefficient (Wildman–Crippen LogP) is 0.524. The van der Waals surface area contributed by atoms with Gasteiger partial charge in [0.25, 0.3) is 5.91 Å². The molecular weight excluding hydrogens is 234 g/mol. The highest BCUT2D eigenvalue weighted by Crippen LogP contribution is 2.22. The second-order valence-electron chi connectivity index (χ2n) is 3.17. The van der Waals surface area contributed by atoms with Crippen LogP contribution in [0, 0.1) is 10.1 Å². The molecule has 1 aromatic heterocycles. The molecule has 86 valence electrons. The smallest absolute Gasteiger partial charge is 0.344 e. The molecule has 1 saturated heterocycles. The first kappa shape index (κ1) is 11.0. The Labute approximate surface area is 94.8 Å². The highest BCUT2D eigenvalue weighted by atomic mass is 32.1. The Kier molecular flexibility index (Phi) is 3.11. The Hall–Kier alpha value is -1.54. The number of nitrogens with zero attached hydrogens (tertiary/aromatic N) is 3. The molecule has 16 heavy (non-hydrogen) atoms. The van der Waals surface area contributed by atoms with E-state index in [-0.39, 0.29) is 15.9 Å². The van der Waals surface area contributed by atoms with Gasteiger partial charge in [-0.15, -0.1) is 0 Å². The molecule has 1 aliphatic heterocycles. The van der Waals surface area contributed by atoms with E-state index in [2.05, 4.69) is 4.98 Å². The zero-order chi connectivity index (χ0) is 11.5. The van der Waals surface area contributed by atoms with Crippen LogP contribution in [0.15, 0.2) is 6.20 Å². The molecule has 0 atom stereocenters. The number of rotatable bonds is 2. The first-order valence-corrected chi connectivity index (χ1v) is 5.47. The number of hydrogen-bond donors (Lipinski definition) is 0. The average Bonchev–Trinajstić information content (AvgIpc) is 2.78. The van der Waals surface area contributed by atoms with Crippen LogP contribution in [0.3, 0.4) is 0 Å². The zero-order valence-corrected chi connectivity index (χ0v) is 9.11. The quantitative estimate of drug-likeness (QED) is 0.558. The van der Waals surface area contributed by atoms with Gasteiger partial charge >= 0.3 is 5.00 Å². The number of thiazole rings is 1. The second kappa shape index (κ2) is 4.54. The zero-order valence-electron chi connectivity index (χ0n) is 8.29. The van der Waals surface area contributed by atoms with E-state index in [1.54, 1.807) is 4.90 Å². The fourth-order valence-electron chi connectivity index (χ4n) is 1.35. The van der Waals surface area contributed by atoms with E-state index in [1.807, 2.05) is 0 Å². The van der Waals surface area contributed by atoms with Gasteiger partial charge < -0.3 is 9.64 Å². The highest BCUT2D eigenvalue weighted by molar-refractivity contribution is 7.16. The molecule has 0 bridgehead atoms. The maximum atomic E-state index is 11.8. The molecule has 0 saturated carbocycles. The molecule has 1 amide bonds. The first-order valence-electron chi connectivity index (χ1n) is 4.66. The highest BCUT2D eigenvalue weighted by Gasteiger charge is 2.23. The van der Waals surface area contributed by atoms with Crippen LogP contribution >= 0.6 is 11.3 Å². The summed E-state index contributed by atoms with van der Waals surface area (Å²) < 4.78 is 5.11. The molecule has 0 spiro atoms. The lowest BCUT2D eigenvalue weighted by Gasteiger charge is -2.25. The monoisotopic (exact) mass is 243 g/mol. The summed E-state index contributed by atoms with van der Waals surface area (Å²) in [6.07, 6.45) is 1.11. The van der Waals surface area contributed by atoms with Crippen molar-refractivity contribution in [3.63, 3.8) is 0 Å². The number of ether oxygens (including phenoxy) is 1. The summed E-state index contributed by atoms with van der Waals surface area (Å²) in [5, 5.41) is 10.5. The Morgan fingerprint density at radius 3 is 2.81 bits per heavy atom. The molecule has 8 heteroatoms. The van der Waals surface area contributed by atoms with Gasteiger partial charge in [0.05, 0.1) is 18.1 Å². The van der Waals surface area contributed by atoms with E-state index in [4.69, 9.17) is 4.74 Å². The van der Waals surface area contributed by atoms with Crippen molar-refractivity contribution < 1.29 is 14.5 Å². The van der Waals surface area contributed by atoms with Crippen LogP contribution in [-0.2, 0) is 4.74 Å². The molecule has 7 nitrogen and oxygen atoms in total. The van der Waals surface area contributed by atoms with Crippen LogP contribution < -0.4 is 0 Å². The normalized spacial score (nSPS) is 16.1. The van der Waals surface area contributed by atoms with Crippen molar-refractivity contribution in [2.75, 3.05) is 26.3 Å². The molecule has 0 aromatic carbocycles. The van der Waals surface area contributed by atoms with Crippen molar-refractivity contribution in [2.24, 2.45) is 0 Å². The van der Waals surface area contributed by atoms with Crippen LogP contribution in [-0.4, -0.2) is 47.0 Å². The lowest BCUT2D eigenvalue weighted by atomic mass is 10.4. The van der Waals surface area contributed by atoms with E-state index >= 15 is 0 Å². The fourth-order valence-corrected chi connectivity index (χ4v) is 2.05. The second-order valence-corrected chi connectivity index (χ2v) is 4.17. The summed E-state index contributed by atoms with van der Waals surface area (Å²) in [7, 11) is 0. The molecule has 0 radical (unpaired) electrons. The van der Waals surface area contributed by atoms with Crippen molar-refractivity contribution >= 4 is 22.2 Å². The fraction of sp³-hybridized carbons (Fsp3) is 0.500. The van der Waals surface area contributed by atoms with Gasteiger partial charge in [-0.1, -0.05) is 0 Å². The van der Waals surface area contributed by atoms with Crippen LogP contribution in [0.25, 0.3) is 0 Å². The lowest BCUT2D eigenvalue weighted by Crippen LogP contribution is -2.40. The third-order valence-electron chi connectivity index (χ3n) is 2.15. The summed E-state index contributed by atoms with van der Waals surface area (Å²) in [4.78, 5) is 27.1. The van der Waals surface area contributed by atoms with Crippen molar-refractivity contribution in [3.05, 3.63) is 21.3 Å². The molecular formula is C8H9N3O4S. The SMILES string of the molecule is O=C(c1ncc([N+](=O)[O-])s1)N1CCOCC1. The molecule has 0 unspecified atom stereocenters. The third-order valence-corrected chi connectivity index (χ3v) is 3.09. The number of carbonyl (C=O) groups excluding carboxylic acids is 1. The van der Waals surface area contributed by atoms with Crippen molar-refractivity contribution in [1.29, 1.82) is 0 Å². The summed E-state index contributed by atoms with van der Waals surface area (Å²) in [5.41, 5.74) is 0. The predicted molar refractivity (Wildman–Crippen MR) is 55.5 cm³/mol. The lowest BCUT2D eigenvalue weighted by molar-refractivity contribution is -0.380. The summed E-state index contributed by atoms with van der Waals surface area (Å²) >= 11 is 0.801. The number of morpholine rings is 1. The standard InChI is InChI=1S/C8H9N3O4S/c12-8(10-1-3-15-4-2-10)7-9-5-6(16-7)11(13)14/h5H,1-4H2. The number of amides is 1. The van der Waals surface area contributed by atoms with Gasteiger partial charge in [0, 0.05) is 13.1 Å². The van der Waals surface area contributed by atoms with E-state index < -0.39 is 4.92 Å². The largest absolute Gasteiger partial charge is 0.378 e. The number of nitro groups is 1. The van der Waals surface area contributed by atoms with Gasteiger partial charge in [-0.3, -0.25) is 14.9 Å². The van der Waals surface area contributed by atoms with Gasteiger partial charge in [-0.2, -0.15) is 0 Å². The Morgan fingerprint density at radius 2 is 2.25 bits per heavy atom. The topological polar surface area (TPSA) is 85.6 Å². The Morgan fingerprint density at radius 1 is 1.56 bits per heavy atom. The number of hydrogen-bond acceptors (Lipinski definition) is 6. The summed E-state index contributed by atoms with van der Waals surface area (Å²) in [6.45, 7) is 2.01. The molecule has 2 rings (SSSR count). The van der Waals surface area contributed by atoms with Gasteiger partial charge in [0.15, 0.2) is 5.01 Å². The Balaban J connectivity index is 2.10. The maximum Gasteiger partial charge on any atom is 0.344 e. The Bertz CT molecular complexity index is 413. The third kappa shape index (κ3) is 2.17. The van der Waals surface area contributed by atoms with Gasteiger partial charge in [0.1, 0.15) is 6.20 Å². The van der Waals surface area contributed by atoms with Crippen molar-refractivity contribution in [2.45, 2.75) is 0 Å². The molecule has 1 aliphatic rings. The van der Waals surface area contributed by atoms with Crippen molar-refractivity contribution in [1.82, 2.24) is 9.88 Å². The van der Waals surface area contributed by atoms with Crippen molar-refractivity contribution in [3.8, 4) is 0 Å². The summed E-state index contributed by atoms with van der Waals surface area (Å²) in [5.74, 6) is -0.263. The van der Waals surface area contributed by atoms with Gasteiger partial charge in [0.2, 0.25) is 0 Å². The number of carbonyl (C=O) groups is 1. The average molecular weight is 243 g/mol. The number of aromatic nitrogens is 1. The molecule has 1 aromatic rings. The van der Waals surface area contributed by atoms with Crippen LogP contribution in [0.4, 0.5) is 5.00 Å². The molecule has 0 aliphatic carbocycles. The minimum absolute atomic E-state index is 0.114. The van der Waals surface area contributed by atoms with E-state index in [9.17, 15) is 14.9 Å². The summed E-state index contributed by atoms with van der Waals surface area (Å²) in [6, 6.07) is 0. The minimum Gasteiger partial charge on any atom is -0.378 e. The van der Waals surface area contributed by atoms with Crippen LogP contribution in [0.1, 0.15) is 9.80 Å². The first-order chi connectivity index (χ1) is 7.68. The maximum absolute atomic E-state index is 11.8. The molecule has 1 fully saturated rings. The molecule has 2 heterocycles. The molecule has 0 N–H and O–H groups in total. The van der Waals surface area contributed by atoms with Gasteiger partial charge in [-0.05, 0) is 11.3 Å². The minimum atomic E-state index is -0.548. The van der Waals surface area contributed by atoms with E-state index in [0.717, 1.165) is 17.5 Å². The van der Waals surface area contributed by atoms with Gasteiger partial charge in [-0.25, -0.2) is 4.98 Å².